The fourth-order valence-corrected chi connectivity index (χ4v) is 1.10. The van der Waals surface area contributed by atoms with Crippen LogP contribution in [0.4, 0.5) is 0 Å². The number of epoxide rings is 1. The first kappa shape index (κ1) is 7.03. The Morgan fingerprint density at radius 1 is 1.67 bits per heavy atom. The van der Waals surface area contributed by atoms with Crippen LogP contribution in [0.1, 0.15) is 26.7 Å². The zero-order chi connectivity index (χ0) is 6.91. The van der Waals surface area contributed by atoms with E-state index in [1.54, 1.807) is 0 Å². The summed E-state index contributed by atoms with van der Waals surface area (Å²) in [5.74, 6) is 0. The second-order valence-corrected chi connectivity index (χ2v) is 2.63. The molecule has 2 atom stereocenters. The van der Waals surface area contributed by atoms with Gasteiger partial charge in [-0.2, -0.15) is 0 Å². The van der Waals surface area contributed by atoms with Crippen LogP contribution in [0.5, 0.6) is 0 Å². The second kappa shape index (κ2) is 2.27. The van der Waals surface area contributed by atoms with Crippen LogP contribution in [0.2, 0.25) is 0 Å². The SMILES string of the molecule is CCC(O)C1(CC)CO1. The van der Waals surface area contributed by atoms with Gasteiger partial charge in [0.25, 0.3) is 0 Å². The summed E-state index contributed by atoms with van der Waals surface area (Å²) in [6.45, 7) is 4.77. The highest BCUT2D eigenvalue weighted by Crippen LogP contribution is 2.35. The van der Waals surface area contributed by atoms with Crippen LogP contribution in [0.3, 0.4) is 0 Å². The van der Waals surface area contributed by atoms with E-state index in [0.717, 1.165) is 19.4 Å². The summed E-state index contributed by atoms with van der Waals surface area (Å²) in [6.07, 6.45) is 1.48. The van der Waals surface area contributed by atoms with Gasteiger partial charge < -0.3 is 9.84 Å². The first-order chi connectivity index (χ1) is 4.25. The number of rotatable bonds is 3. The standard InChI is InChI=1S/C7H14O2/c1-3-6(8)7(4-2)5-9-7/h6,8H,3-5H2,1-2H3. The summed E-state index contributed by atoms with van der Waals surface area (Å²) in [7, 11) is 0. The Hall–Kier alpha value is -0.0800. The molecular formula is C7H14O2. The summed E-state index contributed by atoms with van der Waals surface area (Å²) >= 11 is 0. The molecule has 1 heterocycles. The maximum atomic E-state index is 9.32. The molecule has 1 aliphatic rings. The third-order valence-corrected chi connectivity index (χ3v) is 2.11. The zero-order valence-electron chi connectivity index (χ0n) is 6.05. The number of aliphatic hydroxyl groups excluding tert-OH is 1. The Bertz CT molecular complexity index is 97.1. The first-order valence-electron chi connectivity index (χ1n) is 3.57. The van der Waals surface area contributed by atoms with Gasteiger partial charge in [-0.25, -0.2) is 0 Å². The van der Waals surface area contributed by atoms with Gasteiger partial charge in [0.1, 0.15) is 5.60 Å². The third-order valence-electron chi connectivity index (χ3n) is 2.11. The van der Waals surface area contributed by atoms with E-state index in [-0.39, 0.29) is 11.7 Å². The van der Waals surface area contributed by atoms with E-state index in [0.29, 0.717) is 0 Å². The number of hydrogen-bond donors (Lipinski definition) is 1. The van der Waals surface area contributed by atoms with Crippen molar-refractivity contribution in [1.29, 1.82) is 0 Å². The van der Waals surface area contributed by atoms with Crippen molar-refractivity contribution >= 4 is 0 Å². The number of ether oxygens (including phenoxy) is 1. The van der Waals surface area contributed by atoms with Crippen molar-refractivity contribution in [3.05, 3.63) is 0 Å². The minimum Gasteiger partial charge on any atom is -0.390 e. The van der Waals surface area contributed by atoms with Gasteiger partial charge in [-0.1, -0.05) is 13.8 Å². The lowest BCUT2D eigenvalue weighted by molar-refractivity contribution is 0.0692. The average Bonchev–Trinajstić information content (AvgIpc) is 2.66. The molecule has 0 amide bonds. The fraction of sp³-hybridized carbons (Fsp3) is 1.00. The van der Waals surface area contributed by atoms with Crippen LogP contribution < -0.4 is 0 Å². The highest BCUT2D eigenvalue weighted by molar-refractivity contribution is 4.96. The maximum Gasteiger partial charge on any atom is 0.117 e. The van der Waals surface area contributed by atoms with Crippen LogP contribution >= 0.6 is 0 Å². The normalized spacial score (nSPS) is 36.3. The van der Waals surface area contributed by atoms with Crippen molar-refractivity contribution in [3.63, 3.8) is 0 Å². The van der Waals surface area contributed by atoms with Crippen LogP contribution in [-0.4, -0.2) is 23.4 Å². The first-order valence-corrected chi connectivity index (χ1v) is 3.57. The lowest BCUT2D eigenvalue weighted by Gasteiger charge is -2.14. The Balaban J connectivity index is 2.39. The maximum absolute atomic E-state index is 9.32. The summed E-state index contributed by atoms with van der Waals surface area (Å²) < 4.78 is 5.15. The molecular weight excluding hydrogens is 116 g/mol. The van der Waals surface area contributed by atoms with Gasteiger partial charge in [0.05, 0.1) is 12.7 Å². The lowest BCUT2D eigenvalue weighted by Crippen LogP contribution is -2.27. The Labute approximate surface area is 55.8 Å². The van der Waals surface area contributed by atoms with Gasteiger partial charge in [-0.3, -0.25) is 0 Å². The monoisotopic (exact) mass is 130 g/mol. The molecule has 0 aromatic heterocycles. The number of aliphatic hydroxyl groups is 1. The molecule has 0 radical (unpaired) electrons. The van der Waals surface area contributed by atoms with Crippen molar-refractivity contribution in [3.8, 4) is 0 Å². The fourth-order valence-electron chi connectivity index (χ4n) is 1.10. The van der Waals surface area contributed by atoms with Crippen molar-refractivity contribution in [2.45, 2.75) is 38.4 Å². The molecule has 9 heavy (non-hydrogen) atoms. The Kier molecular flexibility index (Phi) is 1.78. The quantitative estimate of drug-likeness (QED) is 0.576. The average molecular weight is 130 g/mol. The highest BCUT2D eigenvalue weighted by atomic mass is 16.6. The minimum absolute atomic E-state index is 0.144. The molecule has 0 aromatic rings. The Morgan fingerprint density at radius 2 is 2.22 bits per heavy atom. The molecule has 2 unspecified atom stereocenters. The van der Waals surface area contributed by atoms with Gasteiger partial charge in [0.15, 0.2) is 0 Å². The predicted octanol–water partition coefficient (Wildman–Crippen LogP) is 0.936. The molecule has 54 valence electrons. The molecule has 0 aliphatic carbocycles. The second-order valence-electron chi connectivity index (χ2n) is 2.63. The van der Waals surface area contributed by atoms with Crippen molar-refractivity contribution in [1.82, 2.24) is 0 Å². The number of hydrogen-bond acceptors (Lipinski definition) is 2. The van der Waals surface area contributed by atoms with Crippen LogP contribution in [0, 0.1) is 0 Å². The minimum atomic E-state index is -0.248. The summed E-state index contributed by atoms with van der Waals surface area (Å²) in [6, 6.07) is 0. The molecule has 1 N–H and O–H groups in total. The van der Waals surface area contributed by atoms with Gasteiger partial charge in [0.2, 0.25) is 0 Å². The zero-order valence-corrected chi connectivity index (χ0v) is 6.05. The van der Waals surface area contributed by atoms with Crippen LogP contribution in [0.25, 0.3) is 0 Å². The smallest absolute Gasteiger partial charge is 0.117 e. The van der Waals surface area contributed by atoms with E-state index in [9.17, 15) is 5.11 Å². The van der Waals surface area contributed by atoms with Crippen molar-refractivity contribution in [2.24, 2.45) is 0 Å². The topological polar surface area (TPSA) is 32.8 Å². The van der Waals surface area contributed by atoms with Gasteiger partial charge in [0, 0.05) is 0 Å². The summed E-state index contributed by atoms with van der Waals surface area (Å²) in [4.78, 5) is 0. The highest BCUT2D eigenvalue weighted by Gasteiger charge is 2.48. The largest absolute Gasteiger partial charge is 0.390 e. The molecule has 2 heteroatoms. The summed E-state index contributed by atoms with van der Waals surface area (Å²) in [5, 5.41) is 9.32. The van der Waals surface area contributed by atoms with E-state index in [4.69, 9.17) is 4.74 Å². The summed E-state index contributed by atoms with van der Waals surface area (Å²) in [5.41, 5.74) is -0.144. The molecule has 0 saturated carbocycles. The van der Waals surface area contributed by atoms with E-state index >= 15 is 0 Å². The van der Waals surface area contributed by atoms with Crippen LogP contribution in [0.15, 0.2) is 0 Å². The molecule has 0 aromatic carbocycles. The predicted molar refractivity (Wildman–Crippen MR) is 35.3 cm³/mol. The van der Waals surface area contributed by atoms with E-state index in [1.807, 2.05) is 13.8 Å². The Morgan fingerprint density at radius 3 is 2.33 bits per heavy atom. The van der Waals surface area contributed by atoms with Gasteiger partial charge in [-0.05, 0) is 12.8 Å². The molecule has 1 saturated heterocycles. The molecule has 1 fully saturated rings. The molecule has 0 spiro atoms. The lowest BCUT2D eigenvalue weighted by atomic mass is 9.99. The van der Waals surface area contributed by atoms with Crippen molar-refractivity contribution < 1.29 is 9.84 Å². The van der Waals surface area contributed by atoms with E-state index in [2.05, 4.69) is 0 Å². The molecule has 1 rings (SSSR count). The van der Waals surface area contributed by atoms with Gasteiger partial charge in [-0.15, -0.1) is 0 Å². The van der Waals surface area contributed by atoms with Crippen molar-refractivity contribution in [2.75, 3.05) is 6.61 Å². The van der Waals surface area contributed by atoms with Crippen LogP contribution in [-0.2, 0) is 4.74 Å². The molecule has 0 bridgehead atoms. The van der Waals surface area contributed by atoms with E-state index in [1.165, 1.54) is 0 Å². The molecule has 2 nitrogen and oxygen atoms in total. The molecule has 1 aliphatic heterocycles. The third kappa shape index (κ3) is 1.10. The van der Waals surface area contributed by atoms with E-state index < -0.39 is 0 Å². The van der Waals surface area contributed by atoms with Gasteiger partial charge >= 0.3 is 0 Å².